The van der Waals surface area contributed by atoms with Gasteiger partial charge < -0.3 is 10.3 Å². The van der Waals surface area contributed by atoms with Gasteiger partial charge in [0.2, 0.25) is 5.56 Å². The minimum Gasteiger partial charge on any atom is -0.351 e. The van der Waals surface area contributed by atoms with Crippen LogP contribution in [0.1, 0.15) is 18.9 Å². The summed E-state index contributed by atoms with van der Waals surface area (Å²) in [4.78, 5) is 24.8. The molecule has 88 valence electrons. The zero-order chi connectivity index (χ0) is 12.7. The SMILES string of the molecule is CCCNC(=O)C(C#N)=Cc1ccc(=O)[nH]c1. The molecule has 0 fully saturated rings. The molecular weight excluding hydrogens is 218 g/mol. The van der Waals surface area contributed by atoms with Crippen LogP contribution in [0.4, 0.5) is 0 Å². The van der Waals surface area contributed by atoms with Crippen molar-refractivity contribution in [2.75, 3.05) is 6.54 Å². The Labute approximate surface area is 98.8 Å². The van der Waals surface area contributed by atoms with Gasteiger partial charge in [0.1, 0.15) is 11.6 Å². The number of aromatic nitrogens is 1. The molecule has 5 nitrogen and oxygen atoms in total. The van der Waals surface area contributed by atoms with Gasteiger partial charge in [-0.15, -0.1) is 0 Å². The molecule has 0 unspecified atom stereocenters. The third-order valence-electron chi connectivity index (χ3n) is 2.02. The number of H-pyrrole nitrogens is 1. The molecule has 17 heavy (non-hydrogen) atoms. The zero-order valence-corrected chi connectivity index (χ0v) is 9.49. The van der Waals surface area contributed by atoms with Gasteiger partial charge in [-0.3, -0.25) is 9.59 Å². The Morgan fingerprint density at radius 3 is 2.88 bits per heavy atom. The molecule has 0 bridgehead atoms. The van der Waals surface area contributed by atoms with E-state index < -0.39 is 5.91 Å². The van der Waals surface area contributed by atoms with Crippen molar-refractivity contribution >= 4 is 12.0 Å². The Hall–Kier alpha value is -2.35. The Bertz CT molecular complexity index is 503. The number of nitrogens with zero attached hydrogens (tertiary/aromatic N) is 1. The molecule has 0 aliphatic heterocycles. The molecule has 0 aliphatic rings. The number of hydrogen-bond donors (Lipinski definition) is 2. The van der Waals surface area contributed by atoms with Crippen LogP contribution in [0.5, 0.6) is 0 Å². The van der Waals surface area contributed by atoms with Gasteiger partial charge in [0, 0.05) is 18.8 Å². The summed E-state index contributed by atoms with van der Waals surface area (Å²) >= 11 is 0. The molecule has 1 aromatic heterocycles. The van der Waals surface area contributed by atoms with Crippen molar-refractivity contribution in [3.05, 3.63) is 39.8 Å². The van der Waals surface area contributed by atoms with E-state index in [9.17, 15) is 9.59 Å². The van der Waals surface area contributed by atoms with E-state index in [1.165, 1.54) is 18.3 Å². The molecule has 0 aromatic carbocycles. The maximum atomic E-state index is 11.5. The Morgan fingerprint density at radius 2 is 2.35 bits per heavy atom. The zero-order valence-electron chi connectivity index (χ0n) is 9.49. The Balaban J connectivity index is 2.87. The van der Waals surface area contributed by atoms with Crippen molar-refractivity contribution in [2.24, 2.45) is 0 Å². The van der Waals surface area contributed by atoms with Crippen molar-refractivity contribution in [3.63, 3.8) is 0 Å². The van der Waals surface area contributed by atoms with E-state index in [1.807, 2.05) is 13.0 Å². The summed E-state index contributed by atoms with van der Waals surface area (Å²) in [6.07, 6.45) is 3.69. The molecule has 0 aliphatic carbocycles. The van der Waals surface area contributed by atoms with E-state index in [2.05, 4.69) is 10.3 Å². The normalized spacial score (nSPS) is 10.7. The minimum atomic E-state index is -0.402. The van der Waals surface area contributed by atoms with Gasteiger partial charge in [-0.1, -0.05) is 6.92 Å². The van der Waals surface area contributed by atoms with Crippen LogP contribution in [0.3, 0.4) is 0 Å². The number of carbonyl (C=O) groups excluding carboxylic acids is 1. The highest BCUT2D eigenvalue weighted by atomic mass is 16.1. The lowest BCUT2D eigenvalue weighted by atomic mass is 10.1. The smallest absolute Gasteiger partial charge is 0.261 e. The van der Waals surface area contributed by atoms with Crippen molar-refractivity contribution in [1.29, 1.82) is 5.26 Å². The second kappa shape index (κ2) is 6.28. The summed E-state index contributed by atoms with van der Waals surface area (Å²) in [7, 11) is 0. The molecule has 0 atom stereocenters. The Kier molecular flexibility index (Phi) is 4.70. The number of nitrogens with one attached hydrogen (secondary N) is 2. The monoisotopic (exact) mass is 231 g/mol. The molecule has 2 N–H and O–H groups in total. The molecule has 0 radical (unpaired) electrons. The summed E-state index contributed by atoms with van der Waals surface area (Å²) < 4.78 is 0. The van der Waals surface area contributed by atoms with Crippen LogP contribution in [-0.4, -0.2) is 17.4 Å². The fourth-order valence-corrected chi connectivity index (χ4v) is 1.16. The molecule has 1 rings (SSSR count). The number of hydrogen-bond acceptors (Lipinski definition) is 3. The minimum absolute atomic E-state index is 0.0190. The topological polar surface area (TPSA) is 85.8 Å². The number of aromatic amines is 1. The van der Waals surface area contributed by atoms with E-state index in [0.29, 0.717) is 12.1 Å². The lowest BCUT2D eigenvalue weighted by molar-refractivity contribution is -0.117. The molecule has 5 heteroatoms. The van der Waals surface area contributed by atoms with Crippen LogP contribution in [0.25, 0.3) is 6.08 Å². The molecular formula is C12H13N3O2. The van der Waals surface area contributed by atoms with Crippen LogP contribution < -0.4 is 10.9 Å². The number of rotatable bonds is 4. The van der Waals surface area contributed by atoms with Gasteiger partial charge in [0.05, 0.1) is 0 Å². The molecule has 1 aromatic rings. The fourth-order valence-electron chi connectivity index (χ4n) is 1.16. The number of pyridine rings is 1. The van der Waals surface area contributed by atoms with Crippen LogP contribution in [0.15, 0.2) is 28.7 Å². The quantitative estimate of drug-likeness (QED) is 0.594. The maximum absolute atomic E-state index is 11.5. The molecule has 0 saturated heterocycles. The number of carbonyl (C=O) groups is 1. The lowest BCUT2D eigenvalue weighted by Gasteiger charge is -2.01. The van der Waals surface area contributed by atoms with Gasteiger partial charge >= 0.3 is 0 Å². The van der Waals surface area contributed by atoms with Crippen LogP contribution in [-0.2, 0) is 4.79 Å². The van der Waals surface area contributed by atoms with Crippen molar-refractivity contribution in [1.82, 2.24) is 10.3 Å². The van der Waals surface area contributed by atoms with Gasteiger partial charge in [0.25, 0.3) is 5.91 Å². The highest BCUT2D eigenvalue weighted by molar-refractivity contribution is 6.01. The summed E-state index contributed by atoms with van der Waals surface area (Å²) in [5.41, 5.74) is 0.398. The van der Waals surface area contributed by atoms with E-state index >= 15 is 0 Å². The van der Waals surface area contributed by atoms with Crippen molar-refractivity contribution < 1.29 is 4.79 Å². The summed E-state index contributed by atoms with van der Waals surface area (Å²) in [6.45, 7) is 2.46. The Morgan fingerprint density at radius 1 is 1.59 bits per heavy atom. The maximum Gasteiger partial charge on any atom is 0.261 e. The lowest BCUT2D eigenvalue weighted by Crippen LogP contribution is -2.25. The van der Waals surface area contributed by atoms with Crippen LogP contribution in [0, 0.1) is 11.3 Å². The number of nitriles is 1. The average molecular weight is 231 g/mol. The summed E-state index contributed by atoms with van der Waals surface area (Å²) in [5, 5.41) is 11.5. The molecule has 0 spiro atoms. The van der Waals surface area contributed by atoms with E-state index in [-0.39, 0.29) is 11.1 Å². The first-order chi connectivity index (χ1) is 8.17. The molecule has 0 saturated carbocycles. The highest BCUT2D eigenvalue weighted by Crippen LogP contribution is 2.03. The summed E-state index contributed by atoms with van der Waals surface area (Å²) in [5.74, 6) is -0.402. The predicted octanol–water partition coefficient (Wildman–Crippen LogP) is 0.808. The second-order valence-corrected chi connectivity index (χ2v) is 3.41. The van der Waals surface area contributed by atoms with E-state index in [0.717, 1.165) is 6.42 Å². The second-order valence-electron chi connectivity index (χ2n) is 3.41. The third kappa shape index (κ3) is 3.95. The van der Waals surface area contributed by atoms with Gasteiger partial charge in [0.15, 0.2) is 0 Å². The highest BCUT2D eigenvalue weighted by Gasteiger charge is 2.07. The van der Waals surface area contributed by atoms with Gasteiger partial charge in [-0.05, 0) is 24.1 Å². The van der Waals surface area contributed by atoms with Gasteiger partial charge in [-0.2, -0.15) is 5.26 Å². The van der Waals surface area contributed by atoms with E-state index in [4.69, 9.17) is 5.26 Å². The predicted molar refractivity (Wildman–Crippen MR) is 64.0 cm³/mol. The first-order valence-corrected chi connectivity index (χ1v) is 5.26. The molecule has 1 amide bonds. The summed E-state index contributed by atoms with van der Waals surface area (Å²) in [6, 6.07) is 4.71. The first kappa shape index (κ1) is 12.7. The fraction of sp³-hybridized carbons (Fsp3) is 0.250. The number of amides is 1. The van der Waals surface area contributed by atoms with Crippen LogP contribution in [0.2, 0.25) is 0 Å². The largest absolute Gasteiger partial charge is 0.351 e. The van der Waals surface area contributed by atoms with E-state index in [1.54, 1.807) is 6.07 Å². The molecule has 1 heterocycles. The van der Waals surface area contributed by atoms with Gasteiger partial charge in [-0.25, -0.2) is 0 Å². The van der Waals surface area contributed by atoms with Crippen molar-refractivity contribution in [2.45, 2.75) is 13.3 Å². The average Bonchev–Trinajstić information content (AvgIpc) is 2.35. The first-order valence-electron chi connectivity index (χ1n) is 5.26. The van der Waals surface area contributed by atoms with Crippen LogP contribution >= 0.6 is 0 Å². The van der Waals surface area contributed by atoms with Crippen molar-refractivity contribution in [3.8, 4) is 6.07 Å². The third-order valence-corrected chi connectivity index (χ3v) is 2.02. The standard InChI is InChI=1S/C12H13N3O2/c1-2-5-14-12(17)10(7-13)6-9-3-4-11(16)15-8-9/h3-4,6,8H,2,5H2,1H3,(H,14,17)(H,15,16).